The van der Waals surface area contributed by atoms with Crippen molar-refractivity contribution in [1.29, 1.82) is 0 Å². The van der Waals surface area contributed by atoms with Crippen LogP contribution >= 0.6 is 0 Å². The first-order valence-electron chi connectivity index (χ1n) is 10.2. The van der Waals surface area contributed by atoms with Gasteiger partial charge in [-0.05, 0) is 70.0 Å². The van der Waals surface area contributed by atoms with Gasteiger partial charge in [-0.1, -0.05) is 6.07 Å². The lowest BCUT2D eigenvalue weighted by Crippen LogP contribution is -2.54. The third-order valence-corrected chi connectivity index (χ3v) is 5.59. The number of piperidine rings is 1. The second kappa shape index (κ2) is 9.07. The van der Waals surface area contributed by atoms with Gasteiger partial charge in [-0.25, -0.2) is 8.78 Å². The highest BCUT2D eigenvalue weighted by Crippen LogP contribution is 2.33. The fourth-order valence-corrected chi connectivity index (χ4v) is 4.15. The van der Waals surface area contributed by atoms with Crippen LogP contribution < -0.4 is 5.32 Å². The molecule has 3 rings (SSSR count). The number of hydrogen-bond acceptors (Lipinski definition) is 4. The van der Waals surface area contributed by atoms with Crippen LogP contribution in [0.2, 0.25) is 0 Å². The quantitative estimate of drug-likeness (QED) is 0.724. The summed E-state index contributed by atoms with van der Waals surface area (Å²) in [5, 5.41) is 2.66. The van der Waals surface area contributed by atoms with Gasteiger partial charge in [0.2, 0.25) is 5.91 Å². The van der Waals surface area contributed by atoms with E-state index < -0.39 is 24.3 Å². The maximum Gasteiger partial charge on any atom is 0.272 e. The van der Waals surface area contributed by atoms with Gasteiger partial charge in [-0.2, -0.15) is 0 Å². The number of fused-ring (bicyclic) bond motifs is 1. The fourth-order valence-electron chi connectivity index (χ4n) is 4.15. The van der Waals surface area contributed by atoms with Crippen LogP contribution in [0.15, 0.2) is 12.1 Å². The highest BCUT2D eigenvalue weighted by atomic mass is 19.3. The predicted molar refractivity (Wildman–Crippen MR) is 102 cm³/mol. The smallest absolute Gasteiger partial charge is 0.272 e. The standard InChI is InChI=1S/C21H29F2N3O2/c1-15(27)13-26-12-10-18(21(22,23)14-26)20(28)24-11-4-6-17-9-8-16-5-2-3-7-19(16)25-17/h8-9,18H,2-7,10-14H2,1H3,(H,24,28). The summed E-state index contributed by atoms with van der Waals surface area (Å²) in [6, 6.07) is 4.18. The molecule has 1 atom stereocenters. The maximum atomic E-state index is 14.3. The van der Waals surface area contributed by atoms with Crippen molar-refractivity contribution < 1.29 is 18.4 Å². The van der Waals surface area contributed by atoms with Crippen molar-refractivity contribution >= 4 is 11.7 Å². The van der Waals surface area contributed by atoms with Gasteiger partial charge in [0.05, 0.1) is 13.1 Å². The van der Waals surface area contributed by atoms with Crippen LogP contribution in [0.1, 0.15) is 49.6 Å². The summed E-state index contributed by atoms with van der Waals surface area (Å²) in [4.78, 5) is 29.5. The Kier molecular flexibility index (Phi) is 6.75. The molecular formula is C21H29F2N3O2. The van der Waals surface area contributed by atoms with Crippen LogP contribution in [-0.2, 0) is 28.9 Å². The molecule has 1 unspecified atom stereocenters. The van der Waals surface area contributed by atoms with Crippen molar-refractivity contribution in [3.63, 3.8) is 0 Å². The molecule has 7 heteroatoms. The Labute approximate surface area is 164 Å². The topological polar surface area (TPSA) is 62.3 Å². The summed E-state index contributed by atoms with van der Waals surface area (Å²) >= 11 is 0. The molecule has 1 N–H and O–H groups in total. The van der Waals surface area contributed by atoms with E-state index in [0.29, 0.717) is 19.5 Å². The molecule has 28 heavy (non-hydrogen) atoms. The first-order chi connectivity index (χ1) is 13.3. The number of ketones is 1. The minimum absolute atomic E-state index is 0.0116. The third-order valence-electron chi connectivity index (χ3n) is 5.59. The number of alkyl halides is 2. The van der Waals surface area contributed by atoms with Crippen LogP contribution in [0.5, 0.6) is 0 Å². The number of likely N-dealkylation sites (tertiary alicyclic amines) is 1. The highest BCUT2D eigenvalue weighted by molar-refractivity contribution is 5.80. The first-order valence-corrected chi connectivity index (χ1v) is 10.2. The van der Waals surface area contributed by atoms with Gasteiger partial charge in [0, 0.05) is 17.9 Å². The first kappa shape index (κ1) is 20.8. The predicted octanol–water partition coefficient (Wildman–Crippen LogP) is 2.56. The van der Waals surface area contributed by atoms with Crippen molar-refractivity contribution in [2.24, 2.45) is 5.92 Å². The summed E-state index contributed by atoms with van der Waals surface area (Å²) in [5.74, 6) is -5.17. The Morgan fingerprint density at radius 1 is 1.29 bits per heavy atom. The van der Waals surface area contributed by atoms with Crippen molar-refractivity contribution in [3.05, 3.63) is 29.1 Å². The number of hydrogen-bond donors (Lipinski definition) is 1. The lowest BCUT2D eigenvalue weighted by Gasteiger charge is -2.37. The summed E-state index contributed by atoms with van der Waals surface area (Å²) < 4.78 is 28.7. The number of rotatable bonds is 7. The second-order valence-electron chi connectivity index (χ2n) is 8.03. The van der Waals surface area contributed by atoms with Gasteiger partial charge in [-0.3, -0.25) is 19.5 Å². The van der Waals surface area contributed by atoms with Crippen LogP contribution in [0, 0.1) is 5.92 Å². The fraction of sp³-hybridized carbons (Fsp3) is 0.667. The molecule has 2 aliphatic rings. The number of carbonyl (C=O) groups excluding carboxylic acids is 2. The van der Waals surface area contributed by atoms with Crippen molar-refractivity contribution in [3.8, 4) is 0 Å². The molecule has 1 saturated heterocycles. The Morgan fingerprint density at radius 2 is 2.07 bits per heavy atom. The summed E-state index contributed by atoms with van der Waals surface area (Å²) in [6.45, 7) is 1.56. The van der Waals surface area contributed by atoms with Gasteiger partial charge in [-0.15, -0.1) is 0 Å². The Balaban J connectivity index is 1.43. The van der Waals surface area contributed by atoms with Crippen molar-refractivity contribution in [1.82, 2.24) is 15.2 Å². The van der Waals surface area contributed by atoms with Gasteiger partial charge >= 0.3 is 0 Å². The molecule has 0 bridgehead atoms. The van der Waals surface area contributed by atoms with Crippen LogP contribution in [-0.4, -0.2) is 53.7 Å². The highest BCUT2D eigenvalue weighted by Gasteiger charge is 2.48. The van der Waals surface area contributed by atoms with Crippen LogP contribution in [0.25, 0.3) is 0 Å². The number of aromatic nitrogens is 1. The van der Waals surface area contributed by atoms with E-state index in [2.05, 4.69) is 11.4 Å². The van der Waals surface area contributed by atoms with Gasteiger partial charge in [0.15, 0.2) is 0 Å². The van der Waals surface area contributed by atoms with E-state index in [1.54, 1.807) is 0 Å². The Morgan fingerprint density at radius 3 is 2.82 bits per heavy atom. The summed E-state index contributed by atoms with van der Waals surface area (Å²) in [5.41, 5.74) is 3.52. The molecule has 5 nitrogen and oxygen atoms in total. The van der Waals surface area contributed by atoms with E-state index >= 15 is 0 Å². The molecule has 0 saturated carbocycles. The number of nitrogens with zero attached hydrogens (tertiary/aromatic N) is 2. The summed E-state index contributed by atoms with van der Waals surface area (Å²) in [6.07, 6.45) is 5.98. The van der Waals surface area contributed by atoms with Crippen molar-refractivity contribution in [2.45, 2.75) is 57.8 Å². The molecule has 154 valence electrons. The third kappa shape index (κ3) is 5.34. The molecule has 0 aromatic carbocycles. The zero-order valence-electron chi connectivity index (χ0n) is 16.5. The van der Waals surface area contributed by atoms with E-state index in [9.17, 15) is 18.4 Å². The van der Waals surface area contributed by atoms with Gasteiger partial charge in [0.25, 0.3) is 5.92 Å². The number of pyridine rings is 1. The minimum atomic E-state index is -3.11. The number of Topliss-reactive ketones (excluding diaryl/α,β-unsaturated/α-hetero) is 1. The van der Waals surface area contributed by atoms with E-state index in [0.717, 1.165) is 25.0 Å². The van der Waals surface area contributed by atoms with Crippen molar-refractivity contribution in [2.75, 3.05) is 26.2 Å². The maximum absolute atomic E-state index is 14.3. The SMILES string of the molecule is CC(=O)CN1CCC(C(=O)NCCCc2ccc3c(n2)CCCC3)C(F)(F)C1. The largest absolute Gasteiger partial charge is 0.356 e. The number of amides is 1. The molecule has 1 aromatic heterocycles. The van der Waals surface area contributed by atoms with E-state index in [4.69, 9.17) is 4.98 Å². The molecule has 1 amide bonds. The number of nitrogens with one attached hydrogen (secondary N) is 1. The number of aryl methyl sites for hydroxylation is 3. The second-order valence-corrected chi connectivity index (χ2v) is 8.03. The van der Waals surface area contributed by atoms with Crippen LogP contribution in [0.4, 0.5) is 8.78 Å². The van der Waals surface area contributed by atoms with E-state index in [1.165, 1.54) is 35.9 Å². The lowest BCUT2D eigenvalue weighted by atomic mass is 9.91. The van der Waals surface area contributed by atoms with E-state index in [1.807, 2.05) is 6.07 Å². The molecule has 1 aliphatic heterocycles. The molecule has 2 heterocycles. The lowest BCUT2D eigenvalue weighted by molar-refractivity contribution is -0.151. The molecule has 1 aliphatic carbocycles. The number of halogens is 2. The zero-order chi connectivity index (χ0) is 20.1. The molecule has 1 fully saturated rings. The average molecular weight is 393 g/mol. The van der Waals surface area contributed by atoms with Gasteiger partial charge in [0.1, 0.15) is 11.7 Å². The summed E-state index contributed by atoms with van der Waals surface area (Å²) in [7, 11) is 0. The minimum Gasteiger partial charge on any atom is -0.356 e. The van der Waals surface area contributed by atoms with Gasteiger partial charge < -0.3 is 5.32 Å². The number of carbonyl (C=O) groups is 2. The average Bonchev–Trinajstić information content (AvgIpc) is 2.63. The van der Waals surface area contributed by atoms with Crippen LogP contribution in [0.3, 0.4) is 0 Å². The Hall–Kier alpha value is -1.89. The zero-order valence-corrected chi connectivity index (χ0v) is 16.5. The molecule has 0 spiro atoms. The molecule has 0 radical (unpaired) electrons. The molecule has 1 aromatic rings. The normalized spacial score (nSPS) is 21.8. The Bertz CT molecular complexity index is 724. The van der Waals surface area contributed by atoms with E-state index in [-0.39, 0.29) is 18.7 Å². The monoisotopic (exact) mass is 393 g/mol. The molecular weight excluding hydrogens is 364 g/mol.